The number of hydrogen-bond donors (Lipinski definition) is 4. The van der Waals surface area contributed by atoms with E-state index < -0.39 is 63.6 Å². The van der Waals surface area contributed by atoms with E-state index >= 15 is 0 Å². The molecule has 218 valence electrons. The van der Waals surface area contributed by atoms with Crippen LogP contribution in [-0.2, 0) is 21.2 Å². The van der Waals surface area contributed by atoms with Gasteiger partial charge in [-0.15, -0.1) is 11.3 Å². The number of nitrogens with zero attached hydrogens (tertiary/aromatic N) is 2. The number of benzene rings is 1. The van der Waals surface area contributed by atoms with Crippen LogP contribution in [0.15, 0.2) is 23.6 Å². The van der Waals surface area contributed by atoms with Crippen LogP contribution in [0.2, 0.25) is 0 Å². The van der Waals surface area contributed by atoms with Gasteiger partial charge in [0.05, 0.1) is 24.3 Å². The zero-order valence-corrected chi connectivity index (χ0v) is 24.3. The Morgan fingerprint density at radius 3 is 2.18 bits per heavy atom. The number of aliphatic hydroxyl groups is 2. The van der Waals surface area contributed by atoms with Crippen LogP contribution in [-0.4, -0.2) is 73.5 Å². The lowest BCUT2D eigenvalue weighted by Crippen LogP contribution is -2.55. The maximum Gasteiger partial charge on any atom is 0.271 e. The maximum atomic E-state index is 13.9. The monoisotopic (exact) mass is 590 g/mol. The SMILES string of the molecule is CC(C)CNC(=O)[C@H](C(C)C)[C@@H](O)[C@H](O)[C@H](Cc1cc(F)cc(F)c1)NC(=O)c1csc(N(C)S(C)(=O)=O)n1. The molecule has 0 bridgehead atoms. The summed E-state index contributed by atoms with van der Waals surface area (Å²) in [7, 11) is -2.36. The van der Waals surface area contributed by atoms with Crippen molar-refractivity contribution in [3.05, 3.63) is 46.5 Å². The van der Waals surface area contributed by atoms with Gasteiger partial charge in [-0.25, -0.2) is 26.5 Å². The van der Waals surface area contributed by atoms with E-state index in [0.717, 1.165) is 34.0 Å². The normalized spacial score (nSPS) is 15.1. The molecule has 0 aliphatic carbocycles. The first-order valence-electron chi connectivity index (χ1n) is 12.3. The van der Waals surface area contributed by atoms with E-state index in [1.807, 2.05) is 13.8 Å². The topological polar surface area (TPSA) is 149 Å². The molecule has 0 radical (unpaired) electrons. The van der Waals surface area contributed by atoms with Crippen molar-refractivity contribution >= 4 is 38.3 Å². The second-order valence-electron chi connectivity index (χ2n) is 10.2. The van der Waals surface area contributed by atoms with Gasteiger partial charge in [0.2, 0.25) is 15.9 Å². The number of halogens is 2. The molecule has 0 saturated heterocycles. The van der Waals surface area contributed by atoms with Gasteiger partial charge in [0.15, 0.2) is 5.13 Å². The van der Waals surface area contributed by atoms with Gasteiger partial charge >= 0.3 is 0 Å². The first kappa shape index (κ1) is 32.5. The van der Waals surface area contributed by atoms with Gasteiger partial charge in [0.1, 0.15) is 23.4 Å². The van der Waals surface area contributed by atoms with E-state index in [1.54, 1.807) is 13.8 Å². The Bertz CT molecular complexity index is 1230. The molecular weight excluding hydrogens is 554 g/mol. The smallest absolute Gasteiger partial charge is 0.271 e. The summed E-state index contributed by atoms with van der Waals surface area (Å²) in [6.45, 7) is 7.54. The van der Waals surface area contributed by atoms with Crippen molar-refractivity contribution in [2.75, 3.05) is 24.2 Å². The van der Waals surface area contributed by atoms with Gasteiger partial charge in [-0.2, -0.15) is 0 Å². The molecule has 2 amide bonds. The average molecular weight is 591 g/mol. The van der Waals surface area contributed by atoms with Crippen LogP contribution in [0.5, 0.6) is 0 Å². The number of carbonyl (C=O) groups excluding carboxylic acids is 2. The minimum Gasteiger partial charge on any atom is -0.390 e. The van der Waals surface area contributed by atoms with Gasteiger partial charge in [0, 0.05) is 25.0 Å². The van der Waals surface area contributed by atoms with E-state index in [-0.39, 0.29) is 28.7 Å². The summed E-state index contributed by atoms with van der Waals surface area (Å²) in [4.78, 5) is 29.9. The Hall–Kier alpha value is -2.68. The molecule has 4 atom stereocenters. The zero-order valence-electron chi connectivity index (χ0n) is 22.7. The molecule has 10 nitrogen and oxygen atoms in total. The molecule has 0 unspecified atom stereocenters. The number of carbonyl (C=O) groups is 2. The van der Waals surface area contributed by atoms with Crippen LogP contribution in [0.4, 0.5) is 13.9 Å². The Labute approximate surface area is 231 Å². The van der Waals surface area contributed by atoms with Crippen molar-refractivity contribution in [3.8, 4) is 0 Å². The summed E-state index contributed by atoms with van der Waals surface area (Å²) in [5, 5.41) is 28.9. The molecule has 0 fully saturated rings. The lowest BCUT2D eigenvalue weighted by Gasteiger charge is -2.33. The fourth-order valence-corrected chi connectivity index (χ4v) is 5.40. The van der Waals surface area contributed by atoms with E-state index in [9.17, 15) is 37.0 Å². The van der Waals surface area contributed by atoms with E-state index in [0.29, 0.717) is 12.6 Å². The third-order valence-electron chi connectivity index (χ3n) is 6.02. The first-order chi connectivity index (χ1) is 18.0. The zero-order chi connectivity index (χ0) is 29.7. The van der Waals surface area contributed by atoms with Crippen molar-refractivity contribution in [2.24, 2.45) is 17.8 Å². The third kappa shape index (κ3) is 9.19. The van der Waals surface area contributed by atoms with Crippen LogP contribution >= 0.6 is 11.3 Å². The molecule has 2 rings (SSSR count). The van der Waals surface area contributed by atoms with Gasteiger partial charge < -0.3 is 20.8 Å². The van der Waals surface area contributed by atoms with Crippen LogP contribution in [0.25, 0.3) is 0 Å². The minimum atomic E-state index is -3.63. The Morgan fingerprint density at radius 2 is 1.67 bits per heavy atom. The predicted octanol–water partition coefficient (Wildman–Crippen LogP) is 1.92. The minimum absolute atomic E-state index is 0.0219. The Kier molecular flexibility index (Phi) is 11.3. The second kappa shape index (κ2) is 13.6. The van der Waals surface area contributed by atoms with Crippen molar-refractivity contribution in [1.29, 1.82) is 0 Å². The van der Waals surface area contributed by atoms with E-state index in [1.165, 1.54) is 12.4 Å². The summed E-state index contributed by atoms with van der Waals surface area (Å²) in [5.41, 5.74) is -0.0807. The number of amides is 2. The predicted molar refractivity (Wildman–Crippen MR) is 145 cm³/mol. The third-order valence-corrected chi connectivity index (χ3v) is 8.22. The van der Waals surface area contributed by atoms with Gasteiger partial charge in [-0.05, 0) is 36.0 Å². The number of rotatable bonds is 13. The van der Waals surface area contributed by atoms with Gasteiger partial charge in [-0.1, -0.05) is 27.7 Å². The summed E-state index contributed by atoms with van der Waals surface area (Å²) in [6.07, 6.45) is -2.70. The molecule has 0 aliphatic heterocycles. The van der Waals surface area contributed by atoms with Crippen molar-refractivity contribution < 1.29 is 37.0 Å². The molecule has 1 heterocycles. The number of sulfonamides is 1. The molecule has 4 N–H and O–H groups in total. The molecule has 0 spiro atoms. The lowest BCUT2D eigenvalue weighted by molar-refractivity contribution is -0.135. The van der Waals surface area contributed by atoms with Crippen LogP contribution < -0.4 is 14.9 Å². The highest BCUT2D eigenvalue weighted by Crippen LogP contribution is 2.24. The summed E-state index contributed by atoms with van der Waals surface area (Å²) in [6, 6.07) is 1.42. The molecular formula is C25H36F2N4O6S2. The van der Waals surface area contributed by atoms with Gasteiger partial charge in [0.25, 0.3) is 5.91 Å². The van der Waals surface area contributed by atoms with Crippen molar-refractivity contribution in [2.45, 2.75) is 52.4 Å². The largest absolute Gasteiger partial charge is 0.390 e. The molecule has 2 aromatic rings. The molecule has 0 aliphatic rings. The molecule has 14 heteroatoms. The van der Waals surface area contributed by atoms with Crippen LogP contribution in [0.3, 0.4) is 0 Å². The quantitative estimate of drug-likeness (QED) is 0.279. The number of nitrogens with one attached hydrogen (secondary N) is 2. The van der Waals surface area contributed by atoms with E-state index in [4.69, 9.17) is 0 Å². The Morgan fingerprint density at radius 1 is 1.08 bits per heavy atom. The van der Waals surface area contributed by atoms with Crippen molar-refractivity contribution in [3.63, 3.8) is 0 Å². The number of aliphatic hydroxyl groups excluding tert-OH is 2. The summed E-state index contributed by atoms with van der Waals surface area (Å²) in [5.74, 6) is -4.37. The summed E-state index contributed by atoms with van der Waals surface area (Å²) < 4.78 is 52.3. The number of thiazole rings is 1. The molecule has 1 aromatic heterocycles. The first-order valence-corrected chi connectivity index (χ1v) is 15.0. The van der Waals surface area contributed by atoms with Crippen LogP contribution in [0.1, 0.15) is 43.7 Å². The van der Waals surface area contributed by atoms with E-state index in [2.05, 4.69) is 15.6 Å². The Balaban J connectivity index is 2.37. The summed E-state index contributed by atoms with van der Waals surface area (Å²) >= 11 is 0.894. The fraction of sp³-hybridized carbons (Fsp3) is 0.560. The lowest BCUT2D eigenvalue weighted by atomic mass is 9.83. The highest BCUT2D eigenvalue weighted by Gasteiger charge is 2.39. The highest BCUT2D eigenvalue weighted by molar-refractivity contribution is 7.92. The number of anilines is 1. The second-order valence-corrected chi connectivity index (χ2v) is 13.0. The highest BCUT2D eigenvalue weighted by atomic mass is 32.2. The number of hydrogen-bond acceptors (Lipinski definition) is 8. The van der Waals surface area contributed by atoms with Crippen LogP contribution in [0, 0.1) is 29.4 Å². The standard InChI is InChI=1S/C25H36F2N4O6S2/c1-13(2)11-28-24(35)20(14(3)4)22(33)21(32)18(9-15-7-16(26)10-17(27)8-15)29-23(34)19-12-38-25(30-19)31(5)39(6,36)37/h7-8,10,12-14,18,20-22,32-33H,9,11H2,1-6H3,(H,28,35)(H,29,34)/t18-,20+,21+,22+/m0/s1. The average Bonchev–Trinajstić information content (AvgIpc) is 3.30. The van der Waals surface area contributed by atoms with Gasteiger partial charge in [-0.3, -0.25) is 9.59 Å². The maximum absolute atomic E-state index is 13.9. The van der Waals surface area contributed by atoms with Crippen molar-refractivity contribution in [1.82, 2.24) is 15.6 Å². The molecule has 0 saturated carbocycles. The fourth-order valence-electron chi connectivity index (χ4n) is 3.86. The number of aromatic nitrogens is 1. The molecule has 1 aromatic carbocycles. The molecule has 39 heavy (non-hydrogen) atoms.